The van der Waals surface area contributed by atoms with E-state index in [1.54, 1.807) is 0 Å². The first-order valence-electron chi connectivity index (χ1n) is 8.30. The third-order valence-electron chi connectivity index (χ3n) is 4.95. The zero-order chi connectivity index (χ0) is 15.5. The Hall–Kier alpha value is -1.39. The lowest BCUT2D eigenvalue weighted by atomic mass is 9.92. The van der Waals surface area contributed by atoms with Gasteiger partial charge in [0, 0.05) is 19.0 Å². The molecule has 2 aliphatic heterocycles. The van der Waals surface area contributed by atoms with Crippen LogP contribution in [0.3, 0.4) is 0 Å². The van der Waals surface area contributed by atoms with Crippen LogP contribution in [-0.4, -0.2) is 41.7 Å². The average molecular weight is 303 g/mol. The molecule has 0 radical (unpaired) electrons. The largest absolute Gasteiger partial charge is 0.393 e. The zero-order valence-electron chi connectivity index (χ0n) is 13.2. The van der Waals surface area contributed by atoms with E-state index in [0.29, 0.717) is 19.6 Å². The van der Waals surface area contributed by atoms with E-state index >= 15 is 0 Å². The van der Waals surface area contributed by atoms with Gasteiger partial charge in [0.15, 0.2) is 0 Å². The van der Waals surface area contributed by atoms with E-state index in [0.717, 1.165) is 31.4 Å². The highest BCUT2D eigenvalue weighted by Crippen LogP contribution is 2.30. The number of rotatable bonds is 3. The molecular weight excluding hydrogens is 278 g/mol. The van der Waals surface area contributed by atoms with Crippen molar-refractivity contribution in [1.82, 2.24) is 4.90 Å². The highest BCUT2D eigenvalue weighted by Gasteiger charge is 2.29. The molecule has 4 heteroatoms. The number of benzene rings is 1. The van der Waals surface area contributed by atoms with Crippen LogP contribution in [0.4, 0.5) is 0 Å². The maximum Gasteiger partial charge on any atom is 0.225 e. The molecule has 1 N–H and O–H groups in total. The second kappa shape index (κ2) is 6.80. The number of amides is 1. The molecule has 120 valence electrons. The highest BCUT2D eigenvalue weighted by molar-refractivity contribution is 5.77. The Morgan fingerprint density at radius 2 is 2.27 bits per heavy atom. The van der Waals surface area contributed by atoms with Crippen LogP contribution >= 0.6 is 0 Å². The Balaban J connectivity index is 1.65. The number of aliphatic hydroxyl groups excluding tert-OH is 1. The molecule has 22 heavy (non-hydrogen) atoms. The molecule has 2 heterocycles. The maximum atomic E-state index is 12.6. The number of nitrogens with zero attached hydrogens (tertiary/aromatic N) is 1. The van der Waals surface area contributed by atoms with E-state index in [2.05, 4.69) is 12.1 Å². The first-order valence-corrected chi connectivity index (χ1v) is 8.30. The van der Waals surface area contributed by atoms with Gasteiger partial charge in [0.2, 0.25) is 5.91 Å². The summed E-state index contributed by atoms with van der Waals surface area (Å²) in [6.07, 6.45) is 2.85. The van der Waals surface area contributed by atoms with Gasteiger partial charge in [0.1, 0.15) is 0 Å². The number of aliphatic hydroxyl groups is 1. The summed E-state index contributed by atoms with van der Waals surface area (Å²) in [5.74, 6) is 0.351. The minimum atomic E-state index is -0.345. The summed E-state index contributed by atoms with van der Waals surface area (Å²) in [5.41, 5.74) is 2.46. The molecule has 0 bridgehead atoms. The van der Waals surface area contributed by atoms with Gasteiger partial charge in [-0.2, -0.15) is 0 Å². The van der Waals surface area contributed by atoms with Gasteiger partial charge >= 0.3 is 0 Å². The smallest absolute Gasteiger partial charge is 0.225 e. The second-order valence-corrected chi connectivity index (χ2v) is 6.50. The molecule has 3 rings (SSSR count). The van der Waals surface area contributed by atoms with Crippen LogP contribution in [0.15, 0.2) is 24.3 Å². The Morgan fingerprint density at radius 3 is 3.09 bits per heavy atom. The first kappa shape index (κ1) is 15.5. The van der Waals surface area contributed by atoms with Crippen LogP contribution in [0.2, 0.25) is 0 Å². The van der Waals surface area contributed by atoms with Crippen molar-refractivity contribution in [3.8, 4) is 0 Å². The summed E-state index contributed by atoms with van der Waals surface area (Å²) >= 11 is 0. The highest BCUT2D eigenvalue weighted by atomic mass is 16.5. The molecule has 1 aromatic rings. The van der Waals surface area contributed by atoms with Gasteiger partial charge in [-0.15, -0.1) is 0 Å². The number of hydrogen-bond acceptors (Lipinski definition) is 3. The fourth-order valence-corrected chi connectivity index (χ4v) is 3.56. The number of hydrogen-bond donors (Lipinski definition) is 1. The number of likely N-dealkylation sites (tertiary alicyclic amines) is 1. The summed E-state index contributed by atoms with van der Waals surface area (Å²) in [4.78, 5) is 14.5. The summed E-state index contributed by atoms with van der Waals surface area (Å²) in [6.45, 7) is 3.98. The molecule has 3 unspecified atom stereocenters. The summed E-state index contributed by atoms with van der Waals surface area (Å²) in [6, 6.07) is 8.25. The summed E-state index contributed by atoms with van der Waals surface area (Å²) in [7, 11) is 0. The minimum absolute atomic E-state index is 0.121. The summed E-state index contributed by atoms with van der Waals surface area (Å²) < 4.78 is 5.84. The number of carbonyl (C=O) groups excluding carboxylic acids is 1. The zero-order valence-corrected chi connectivity index (χ0v) is 13.2. The van der Waals surface area contributed by atoms with Crippen molar-refractivity contribution in [1.29, 1.82) is 0 Å². The SMILES string of the molecule is CC(O)C1CCCN(C(=O)CC2OCCc3ccccc32)C1. The van der Waals surface area contributed by atoms with Crippen molar-refractivity contribution in [2.45, 2.75) is 44.8 Å². The average Bonchev–Trinajstić information content (AvgIpc) is 2.55. The van der Waals surface area contributed by atoms with Crippen molar-refractivity contribution < 1.29 is 14.6 Å². The van der Waals surface area contributed by atoms with Crippen molar-refractivity contribution in [2.24, 2.45) is 5.92 Å². The lowest BCUT2D eigenvalue weighted by Crippen LogP contribution is -2.43. The number of piperidine rings is 1. The van der Waals surface area contributed by atoms with E-state index in [1.807, 2.05) is 24.0 Å². The molecule has 0 spiro atoms. The van der Waals surface area contributed by atoms with Gasteiger partial charge < -0.3 is 14.7 Å². The third kappa shape index (κ3) is 3.33. The van der Waals surface area contributed by atoms with E-state index < -0.39 is 0 Å². The predicted molar refractivity (Wildman–Crippen MR) is 84.4 cm³/mol. The monoisotopic (exact) mass is 303 g/mol. The van der Waals surface area contributed by atoms with Crippen molar-refractivity contribution in [3.63, 3.8) is 0 Å². The van der Waals surface area contributed by atoms with E-state index in [4.69, 9.17) is 4.74 Å². The van der Waals surface area contributed by atoms with Gasteiger partial charge in [-0.1, -0.05) is 24.3 Å². The lowest BCUT2D eigenvalue weighted by molar-refractivity contribution is -0.137. The van der Waals surface area contributed by atoms with Crippen molar-refractivity contribution >= 4 is 5.91 Å². The Bertz CT molecular complexity index is 529. The minimum Gasteiger partial charge on any atom is -0.393 e. The van der Waals surface area contributed by atoms with E-state index in [1.165, 1.54) is 5.56 Å². The number of fused-ring (bicyclic) bond motifs is 1. The van der Waals surface area contributed by atoms with E-state index in [-0.39, 0.29) is 24.0 Å². The van der Waals surface area contributed by atoms with Crippen LogP contribution in [0.25, 0.3) is 0 Å². The number of ether oxygens (including phenoxy) is 1. The molecule has 3 atom stereocenters. The van der Waals surface area contributed by atoms with Crippen LogP contribution in [-0.2, 0) is 16.0 Å². The van der Waals surface area contributed by atoms with Crippen molar-refractivity contribution in [2.75, 3.05) is 19.7 Å². The normalized spacial score (nSPS) is 26.4. The predicted octanol–water partition coefficient (Wildman–Crippen LogP) is 2.31. The Morgan fingerprint density at radius 1 is 1.45 bits per heavy atom. The quantitative estimate of drug-likeness (QED) is 0.932. The standard InChI is InChI=1S/C18H25NO3/c1-13(20)15-6-4-9-19(12-15)18(21)11-17-16-7-3-2-5-14(16)8-10-22-17/h2-3,5,7,13,15,17,20H,4,6,8-12H2,1H3. The van der Waals surface area contributed by atoms with Gasteiger partial charge in [0.25, 0.3) is 0 Å². The fraction of sp³-hybridized carbons (Fsp3) is 0.611. The van der Waals surface area contributed by atoms with Crippen LogP contribution in [0.1, 0.15) is 43.4 Å². The molecule has 2 aliphatic rings. The second-order valence-electron chi connectivity index (χ2n) is 6.50. The molecule has 1 saturated heterocycles. The molecule has 1 fully saturated rings. The van der Waals surface area contributed by atoms with E-state index in [9.17, 15) is 9.90 Å². The molecule has 1 amide bonds. The lowest BCUT2D eigenvalue weighted by Gasteiger charge is -2.35. The Labute approximate surface area is 132 Å². The van der Waals surface area contributed by atoms with Gasteiger partial charge in [-0.05, 0) is 37.3 Å². The molecule has 0 aliphatic carbocycles. The molecule has 1 aromatic carbocycles. The first-order chi connectivity index (χ1) is 10.6. The topological polar surface area (TPSA) is 49.8 Å². The fourth-order valence-electron chi connectivity index (χ4n) is 3.56. The summed E-state index contributed by atoms with van der Waals surface area (Å²) in [5, 5.41) is 9.77. The molecule has 0 aromatic heterocycles. The maximum absolute atomic E-state index is 12.6. The van der Waals surface area contributed by atoms with Crippen molar-refractivity contribution in [3.05, 3.63) is 35.4 Å². The molecular formula is C18H25NO3. The van der Waals surface area contributed by atoms with Gasteiger partial charge in [0.05, 0.1) is 25.2 Å². The Kier molecular flexibility index (Phi) is 4.79. The van der Waals surface area contributed by atoms with Crippen LogP contribution in [0.5, 0.6) is 0 Å². The molecule has 0 saturated carbocycles. The van der Waals surface area contributed by atoms with Crippen LogP contribution in [0, 0.1) is 5.92 Å². The molecule has 4 nitrogen and oxygen atoms in total. The van der Waals surface area contributed by atoms with Crippen LogP contribution < -0.4 is 0 Å². The third-order valence-corrected chi connectivity index (χ3v) is 4.95. The number of carbonyl (C=O) groups is 1. The van der Waals surface area contributed by atoms with Gasteiger partial charge in [-0.3, -0.25) is 4.79 Å². The van der Waals surface area contributed by atoms with Gasteiger partial charge in [-0.25, -0.2) is 0 Å².